The number of sulfonamides is 1. The maximum absolute atomic E-state index is 13.7. The van der Waals surface area contributed by atoms with Crippen molar-refractivity contribution in [3.05, 3.63) is 53.1 Å². The molecule has 1 aromatic heterocycles. The molecule has 2 heterocycles. The third-order valence-electron chi connectivity index (χ3n) is 5.43. The number of anilines is 2. The molecule has 2 aromatic carbocycles. The molecule has 1 aliphatic heterocycles. The zero-order chi connectivity index (χ0) is 21.3. The summed E-state index contributed by atoms with van der Waals surface area (Å²) in [5.41, 5.74) is 2.59. The van der Waals surface area contributed by atoms with Crippen LogP contribution >= 0.6 is 22.9 Å². The summed E-state index contributed by atoms with van der Waals surface area (Å²) < 4.78 is 30.2. The van der Waals surface area contributed by atoms with Crippen LogP contribution < -0.4 is 14.5 Å². The molecule has 8 heteroatoms. The zero-order valence-corrected chi connectivity index (χ0v) is 19.6. The number of fused-ring (bicyclic) bond motifs is 1. The highest BCUT2D eigenvalue weighted by Gasteiger charge is 2.29. The molecule has 0 spiro atoms. The fraction of sp³-hybridized carbons (Fsp3) is 0.364. The smallest absolute Gasteiger partial charge is 0.274 e. The third kappa shape index (κ3) is 4.04. The lowest BCUT2D eigenvalue weighted by molar-refractivity contribution is 0.589. The SMILES string of the molecule is CCCN(c1ccc(N2CCNCC2)cc1)S(=O)(=O)c1sc2ccc(Cl)cc2c1C. The van der Waals surface area contributed by atoms with Crippen LogP contribution in [0.5, 0.6) is 0 Å². The van der Waals surface area contributed by atoms with Gasteiger partial charge in [-0.3, -0.25) is 4.31 Å². The van der Waals surface area contributed by atoms with E-state index < -0.39 is 10.0 Å². The Bertz CT molecular complexity index is 1140. The van der Waals surface area contributed by atoms with E-state index in [1.54, 1.807) is 6.07 Å². The van der Waals surface area contributed by atoms with Gasteiger partial charge in [0, 0.05) is 48.1 Å². The van der Waals surface area contributed by atoms with Crippen LogP contribution in [0.2, 0.25) is 5.02 Å². The number of benzene rings is 2. The Labute approximate surface area is 187 Å². The van der Waals surface area contributed by atoms with Crippen molar-refractivity contribution in [2.45, 2.75) is 24.5 Å². The van der Waals surface area contributed by atoms with Gasteiger partial charge in [-0.1, -0.05) is 18.5 Å². The summed E-state index contributed by atoms with van der Waals surface area (Å²) >= 11 is 7.45. The van der Waals surface area contributed by atoms with Crippen LogP contribution in [0, 0.1) is 6.92 Å². The fourth-order valence-corrected chi connectivity index (χ4v) is 7.43. The minimum atomic E-state index is -3.67. The van der Waals surface area contributed by atoms with Gasteiger partial charge in [0.15, 0.2) is 0 Å². The van der Waals surface area contributed by atoms with E-state index in [0.717, 1.165) is 53.9 Å². The summed E-state index contributed by atoms with van der Waals surface area (Å²) in [6, 6.07) is 13.4. The summed E-state index contributed by atoms with van der Waals surface area (Å²) in [6.45, 7) is 8.14. The molecule has 30 heavy (non-hydrogen) atoms. The van der Waals surface area contributed by atoms with Crippen molar-refractivity contribution in [2.24, 2.45) is 0 Å². The molecule has 1 aliphatic rings. The molecule has 1 saturated heterocycles. The van der Waals surface area contributed by atoms with E-state index in [4.69, 9.17) is 11.6 Å². The molecule has 0 amide bonds. The predicted molar refractivity (Wildman–Crippen MR) is 128 cm³/mol. The fourth-order valence-electron chi connectivity index (χ4n) is 3.86. The standard InChI is InChI=1S/C22H26ClN3O2S2/c1-3-12-26(19-7-5-18(6-8-19)25-13-10-24-11-14-25)30(27,28)22-16(2)20-15-17(23)4-9-21(20)29-22/h4-9,15,24H,3,10-14H2,1-2H3. The van der Waals surface area contributed by atoms with E-state index in [1.807, 2.05) is 50.2 Å². The van der Waals surface area contributed by atoms with Crippen molar-refractivity contribution >= 4 is 54.4 Å². The van der Waals surface area contributed by atoms with Gasteiger partial charge in [0.2, 0.25) is 0 Å². The predicted octanol–water partition coefficient (Wildman–Crippen LogP) is 4.88. The molecule has 0 radical (unpaired) electrons. The van der Waals surface area contributed by atoms with Crippen molar-refractivity contribution in [1.82, 2.24) is 5.32 Å². The lowest BCUT2D eigenvalue weighted by Gasteiger charge is -2.30. The molecular weight excluding hydrogens is 438 g/mol. The van der Waals surface area contributed by atoms with Gasteiger partial charge in [0.05, 0.1) is 5.69 Å². The lowest BCUT2D eigenvalue weighted by atomic mass is 10.2. The second-order valence-electron chi connectivity index (χ2n) is 7.49. The van der Waals surface area contributed by atoms with E-state index in [9.17, 15) is 8.42 Å². The van der Waals surface area contributed by atoms with Gasteiger partial charge in [0.25, 0.3) is 10.0 Å². The maximum atomic E-state index is 13.7. The largest absolute Gasteiger partial charge is 0.369 e. The molecule has 0 atom stereocenters. The number of hydrogen-bond donors (Lipinski definition) is 1. The number of nitrogens with zero attached hydrogens (tertiary/aromatic N) is 2. The first-order chi connectivity index (χ1) is 14.4. The summed E-state index contributed by atoms with van der Waals surface area (Å²) in [4.78, 5) is 2.32. The van der Waals surface area contributed by atoms with Gasteiger partial charge in [-0.25, -0.2) is 8.42 Å². The summed E-state index contributed by atoms with van der Waals surface area (Å²) in [6.07, 6.45) is 0.731. The van der Waals surface area contributed by atoms with Crippen molar-refractivity contribution < 1.29 is 8.42 Å². The molecule has 1 fully saturated rings. The Kier molecular flexibility index (Phi) is 6.25. The van der Waals surface area contributed by atoms with Gasteiger partial charge < -0.3 is 10.2 Å². The highest BCUT2D eigenvalue weighted by atomic mass is 35.5. The summed E-state index contributed by atoms with van der Waals surface area (Å²) in [5, 5.41) is 4.86. The van der Waals surface area contributed by atoms with E-state index in [2.05, 4.69) is 10.2 Å². The number of nitrogens with one attached hydrogen (secondary N) is 1. The molecule has 0 saturated carbocycles. The van der Waals surface area contributed by atoms with E-state index in [0.29, 0.717) is 21.5 Å². The van der Waals surface area contributed by atoms with Crippen molar-refractivity contribution in [3.8, 4) is 0 Å². The van der Waals surface area contributed by atoms with Crippen LogP contribution in [0.15, 0.2) is 46.7 Å². The van der Waals surface area contributed by atoms with Gasteiger partial charge >= 0.3 is 0 Å². The van der Waals surface area contributed by atoms with Crippen LogP contribution in [0.1, 0.15) is 18.9 Å². The molecule has 5 nitrogen and oxygen atoms in total. The molecule has 1 N–H and O–H groups in total. The first kappa shape index (κ1) is 21.4. The number of halogens is 1. The average molecular weight is 464 g/mol. The van der Waals surface area contributed by atoms with Gasteiger partial charge in [0.1, 0.15) is 4.21 Å². The van der Waals surface area contributed by atoms with Crippen molar-refractivity contribution in [3.63, 3.8) is 0 Å². The summed E-state index contributed by atoms with van der Waals surface area (Å²) in [5.74, 6) is 0. The molecular formula is C22H26ClN3O2S2. The minimum absolute atomic E-state index is 0.388. The van der Waals surface area contributed by atoms with E-state index in [1.165, 1.54) is 15.6 Å². The Morgan fingerprint density at radius 3 is 2.50 bits per heavy atom. The first-order valence-electron chi connectivity index (χ1n) is 10.2. The molecule has 0 unspecified atom stereocenters. The van der Waals surface area contributed by atoms with Gasteiger partial charge in [-0.05, 0) is 66.8 Å². The molecule has 160 valence electrons. The quantitative estimate of drug-likeness (QED) is 0.566. The first-order valence-corrected chi connectivity index (χ1v) is 12.8. The Morgan fingerprint density at radius 2 is 1.83 bits per heavy atom. The number of piperazine rings is 1. The topological polar surface area (TPSA) is 52.6 Å². The van der Waals surface area contributed by atoms with Crippen LogP contribution in [0.3, 0.4) is 0 Å². The second-order valence-corrected chi connectivity index (χ2v) is 11.0. The van der Waals surface area contributed by atoms with E-state index in [-0.39, 0.29) is 0 Å². The highest BCUT2D eigenvalue weighted by molar-refractivity contribution is 7.95. The average Bonchev–Trinajstić information content (AvgIpc) is 3.09. The van der Waals surface area contributed by atoms with Crippen LogP contribution in [0.4, 0.5) is 11.4 Å². The lowest BCUT2D eigenvalue weighted by Crippen LogP contribution is -2.43. The minimum Gasteiger partial charge on any atom is -0.369 e. The molecule has 0 bridgehead atoms. The van der Waals surface area contributed by atoms with Crippen LogP contribution in [-0.4, -0.2) is 41.1 Å². The molecule has 4 rings (SSSR count). The molecule has 3 aromatic rings. The number of thiophene rings is 1. The second kappa shape index (κ2) is 8.75. The Hall–Kier alpha value is -1.80. The summed E-state index contributed by atoms with van der Waals surface area (Å²) in [7, 11) is -3.67. The van der Waals surface area contributed by atoms with Crippen LogP contribution in [0.25, 0.3) is 10.1 Å². The molecule has 0 aliphatic carbocycles. The number of hydrogen-bond acceptors (Lipinski definition) is 5. The van der Waals surface area contributed by atoms with Gasteiger partial charge in [-0.15, -0.1) is 11.3 Å². The Morgan fingerprint density at radius 1 is 1.13 bits per heavy atom. The van der Waals surface area contributed by atoms with Crippen molar-refractivity contribution in [1.29, 1.82) is 0 Å². The monoisotopic (exact) mass is 463 g/mol. The normalized spacial score (nSPS) is 15.0. The zero-order valence-electron chi connectivity index (χ0n) is 17.2. The van der Waals surface area contributed by atoms with Crippen molar-refractivity contribution in [2.75, 3.05) is 41.9 Å². The van der Waals surface area contributed by atoms with Gasteiger partial charge in [-0.2, -0.15) is 0 Å². The Balaban J connectivity index is 1.70. The number of rotatable bonds is 6. The maximum Gasteiger partial charge on any atom is 0.274 e. The highest BCUT2D eigenvalue weighted by Crippen LogP contribution is 2.38. The van der Waals surface area contributed by atoms with Crippen LogP contribution in [-0.2, 0) is 10.0 Å². The van der Waals surface area contributed by atoms with E-state index >= 15 is 0 Å². The number of aryl methyl sites for hydroxylation is 1. The third-order valence-corrected chi connectivity index (χ3v) is 9.36.